The van der Waals surface area contributed by atoms with Gasteiger partial charge in [-0.1, -0.05) is 13.0 Å². The fourth-order valence-electron chi connectivity index (χ4n) is 1.45. The zero-order valence-corrected chi connectivity index (χ0v) is 12.1. The first-order valence-corrected chi connectivity index (χ1v) is 5.88. The van der Waals surface area contributed by atoms with Crippen molar-refractivity contribution in [2.75, 3.05) is 12.4 Å². The van der Waals surface area contributed by atoms with Gasteiger partial charge in [0.15, 0.2) is 0 Å². The number of aryl methyl sites for hydroxylation is 1. The van der Waals surface area contributed by atoms with Gasteiger partial charge < -0.3 is 16.4 Å². The summed E-state index contributed by atoms with van der Waals surface area (Å²) in [7, 11) is 1.56. The Morgan fingerprint density at radius 1 is 1.37 bits per heavy atom. The third kappa shape index (κ3) is 4.54. The van der Waals surface area contributed by atoms with Gasteiger partial charge in [-0.3, -0.25) is 9.59 Å². The molecule has 4 N–H and O–H groups in total. The molecule has 0 spiro atoms. The number of hydrogen-bond acceptors (Lipinski definition) is 3. The lowest BCUT2D eigenvalue weighted by Gasteiger charge is -2.13. The molecule has 0 fully saturated rings. The number of anilines is 1. The molecule has 1 aromatic carbocycles. The summed E-state index contributed by atoms with van der Waals surface area (Å²) in [5.41, 5.74) is 7.65. The van der Waals surface area contributed by atoms with Crippen LogP contribution in [0, 0.1) is 6.92 Å². The molecule has 5 nitrogen and oxygen atoms in total. The van der Waals surface area contributed by atoms with Crippen LogP contribution < -0.4 is 16.4 Å². The molecule has 1 aromatic rings. The van der Waals surface area contributed by atoms with E-state index in [0.717, 1.165) is 5.56 Å². The van der Waals surface area contributed by atoms with Crippen LogP contribution in [-0.2, 0) is 4.79 Å². The van der Waals surface area contributed by atoms with Crippen LogP contribution in [-0.4, -0.2) is 24.9 Å². The Labute approximate surface area is 119 Å². The highest BCUT2D eigenvalue weighted by Gasteiger charge is 2.13. The van der Waals surface area contributed by atoms with E-state index in [4.69, 9.17) is 5.73 Å². The SMILES string of the molecule is CC[C@H](N)C(=O)Nc1cc(C(=O)NC)ccc1C.Cl. The van der Waals surface area contributed by atoms with Gasteiger partial charge in [-0.25, -0.2) is 0 Å². The molecule has 1 rings (SSSR count). The fraction of sp³-hybridized carbons (Fsp3) is 0.385. The smallest absolute Gasteiger partial charge is 0.251 e. The Bertz CT molecular complexity index is 463. The largest absolute Gasteiger partial charge is 0.355 e. The summed E-state index contributed by atoms with van der Waals surface area (Å²) in [4.78, 5) is 23.2. The quantitative estimate of drug-likeness (QED) is 0.783. The van der Waals surface area contributed by atoms with E-state index in [0.29, 0.717) is 17.7 Å². The first-order valence-electron chi connectivity index (χ1n) is 5.88. The summed E-state index contributed by atoms with van der Waals surface area (Å²) >= 11 is 0. The van der Waals surface area contributed by atoms with E-state index >= 15 is 0 Å². The Morgan fingerprint density at radius 3 is 2.53 bits per heavy atom. The highest BCUT2D eigenvalue weighted by Crippen LogP contribution is 2.17. The molecule has 0 heterocycles. The van der Waals surface area contributed by atoms with Crippen molar-refractivity contribution in [1.82, 2.24) is 5.32 Å². The van der Waals surface area contributed by atoms with Crippen molar-refractivity contribution in [3.05, 3.63) is 29.3 Å². The molecule has 1 atom stereocenters. The van der Waals surface area contributed by atoms with Crippen molar-refractivity contribution >= 4 is 29.9 Å². The molecular weight excluding hydrogens is 266 g/mol. The third-order valence-electron chi connectivity index (χ3n) is 2.76. The van der Waals surface area contributed by atoms with Crippen LogP contribution in [0.15, 0.2) is 18.2 Å². The average molecular weight is 286 g/mol. The van der Waals surface area contributed by atoms with Gasteiger partial charge in [0.2, 0.25) is 5.91 Å². The number of hydrogen-bond donors (Lipinski definition) is 3. The predicted molar refractivity (Wildman–Crippen MR) is 78.7 cm³/mol. The zero-order chi connectivity index (χ0) is 13.7. The van der Waals surface area contributed by atoms with Crippen molar-refractivity contribution in [3.63, 3.8) is 0 Å². The Hall–Kier alpha value is -1.59. The summed E-state index contributed by atoms with van der Waals surface area (Å²) in [5.74, 6) is -0.431. The molecule has 0 bridgehead atoms. The maximum atomic E-state index is 11.7. The van der Waals surface area contributed by atoms with E-state index in [1.165, 1.54) is 0 Å². The maximum Gasteiger partial charge on any atom is 0.251 e. The molecule has 0 aromatic heterocycles. The number of carbonyl (C=O) groups excluding carboxylic acids is 2. The second-order valence-corrected chi connectivity index (χ2v) is 4.11. The van der Waals surface area contributed by atoms with Crippen molar-refractivity contribution in [2.24, 2.45) is 5.73 Å². The lowest BCUT2D eigenvalue weighted by molar-refractivity contribution is -0.117. The molecule has 6 heteroatoms. The molecule has 106 valence electrons. The minimum Gasteiger partial charge on any atom is -0.355 e. The van der Waals surface area contributed by atoms with Crippen LogP contribution in [0.2, 0.25) is 0 Å². The molecule has 0 aliphatic rings. The molecule has 19 heavy (non-hydrogen) atoms. The molecule has 2 amide bonds. The van der Waals surface area contributed by atoms with E-state index in [2.05, 4.69) is 10.6 Å². The number of amides is 2. The van der Waals surface area contributed by atoms with Crippen molar-refractivity contribution in [2.45, 2.75) is 26.3 Å². The summed E-state index contributed by atoms with van der Waals surface area (Å²) in [6.45, 7) is 3.71. The minimum absolute atomic E-state index is 0. The van der Waals surface area contributed by atoms with Gasteiger partial charge in [0.25, 0.3) is 5.91 Å². The predicted octanol–water partition coefficient (Wildman–Crippen LogP) is 1.45. The molecule has 0 saturated carbocycles. The summed E-state index contributed by atoms with van der Waals surface area (Å²) in [5, 5.41) is 5.28. The van der Waals surface area contributed by atoms with E-state index in [1.807, 2.05) is 13.8 Å². The van der Waals surface area contributed by atoms with Crippen LogP contribution in [0.3, 0.4) is 0 Å². The molecule has 0 radical (unpaired) electrons. The Morgan fingerprint density at radius 2 is 2.00 bits per heavy atom. The van der Waals surface area contributed by atoms with Gasteiger partial charge in [-0.05, 0) is 31.0 Å². The van der Waals surface area contributed by atoms with Gasteiger partial charge in [0.1, 0.15) is 0 Å². The van der Waals surface area contributed by atoms with E-state index in [-0.39, 0.29) is 24.2 Å². The molecule has 0 aliphatic carbocycles. The highest BCUT2D eigenvalue weighted by atomic mass is 35.5. The second-order valence-electron chi connectivity index (χ2n) is 4.11. The van der Waals surface area contributed by atoms with Crippen LogP contribution in [0.5, 0.6) is 0 Å². The number of halogens is 1. The summed E-state index contributed by atoms with van der Waals surface area (Å²) in [6.07, 6.45) is 0.569. The van der Waals surface area contributed by atoms with Gasteiger partial charge in [0.05, 0.1) is 6.04 Å². The van der Waals surface area contributed by atoms with Crippen molar-refractivity contribution in [3.8, 4) is 0 Å². The van der Waals surface area contributed by atoms with Gasteiger partial charge in [0, 0.05) is 18.3 Å². The topological polar surface area (TPSA) is 84.2 Å². The van der Waals surface area contributed by atoms with Crippen molar-refractivity contribution in [1.29, 1.82) is 0 Å². The van der Waals surface area contributed by atoms with Crippen molar-refractivity contribution < 1.29 is 9.59 Å². The fourth-order valence-corrected chi connectivity index (χ4v) is 1.45. The number of benzene rings is 1. The normalized spacial score (nSPS) is 11.2. The number of nitrogens with two attached hydrogens (primary N) is 1. The molecule has 0 saturated heterocycles. The van der Waals surface area contributed by atoms with E-state index < -0.39 is 6.04 Å². The first-order chi connectivity index (χ1) is 8.49. The van der Waals surface area contributed by atoms with Gasteiger partial charge >= 0.3 is 0 Å². The van der Waals surface area contributed by atoms with Crippen LogP contribution in [0.1, 0.15) is 29.3 Å². The molecule has 0 aliphatic heterocycles. The number of nitrogens with one attached hydrogen (secondary N) is 2. The monoisotopic (exact) mass is 285 g/mol. The Balaban J connectivity index is 0.00000324. The summed E-state index contributed by atoms with van der Waals surface area (Å²) < 4.78 is 0. The maximum absolute atomic E-state index is 11.7. The van der Waals surface area contributed by atoms with Crippen LogP contribution in [0.25, 0.3) is 0 Å². The number of carbonyl (C=O) groups is 2. The van der Waals surface area contributed by atoms with E-state index in [9.17, 15) is 9.59 Å². The zero-order valence-electron chi connectivity index (χ0n) is 11.3. The standard InChI is InChI=1S/C13H19N3O2.ClH/c1-4-10(14)13(18)16-11-7-9(12(17)15-3)6-5-8(11)2;/h5-7,10H,4,14H2,1-3H3,(H,15,17)(H,16,18);1H/t10-;/m0./s1. The second kappa shape index (κ2) is 7.76. The molecule has 0 unspecified atom stereocenters. The van der Waals surface area contributed by atoms with Crippen LogP contribution in [0.4, 0.5) is 5.69 Å². The van der Waals surface area contributed by atoms with Gasteiger partial charge in [-0.15, -0.1) is 12.4 Å². The van der Waals surface area contributed by atoms with Gasteiger partial charge in [-0.2, -0.15) is 0 Å². The minimum atomic E-state index is -0.534. The van der Waals surface area contributed by atoms with E-state index in [1.54, 1.807) is 25.2 Å². The lowest BCUT2D eigenvalue weighted by Crippen LogP contribution is -2.35. The molecular formula is C13H20ClN3O2. The Kier molecular flexibility index (Phi) is 7.11. The highest BCUT2D eigenvalue weighted by molar-refractivity contribution is 5.99. The lowest BCUT2D eigenvalue weighted by atomic mass is 10.1. The number of rotatable bonds is 4. The summed E-state index contributed by atoms with van der Waals surface area (Å²) in [6, 6.07) is 4.61. The van der Waals surface area contributed by atoms with Crippen LogP contribution >= 0.6 is 12.4 Å². The third-order valence-corrected chi connectivity index (χ3v) is 2.76. The average Bonchev–Trinajstić information content (AvgIpc) is 2.39. The first kappa shape index (κ1) is 17.4.